The van der Waals surface area contributed by atoms with E-state index in [0.29, 0.717) is 37.5 Å². The maximum atomic E-state index is 12.0. The molecule has 108 valence electrons. The standard InChI is InChI=1S/C13H17N3O3S/c1-3-4-5-11(17)16-7-6-9-10(8-16)20-12(14-9)15-13(18)19-2/h3H,1,4-8H2,2H3,(H,14,15,18). The predicted octanol–water partition coefficient (Wildman–Crippen LogP) is 2.17. The number of nitrogens with zero attached hydrogens (tertiary/aromatic N) is 2. The van der Waals surface area contributed by atoms with E-state index in [9.17, 15) is 9.59 Å². The van der Waals surface area contributed by atoms with Crippen molar-refractivity contribution in [2.24, 2.45) is 0 Å². The van der Waals surface area contributed by atoms with Gasteiger partial charge in [0.15, 0.2) is 5.13 Å². The smallest absolute Gasteiger partial charge is 0.413 e. The predicted molar refractivity (Wildman–Crippen MR) is 76.7 cm³/mol. The molecule has 0 bridgehead atoms. The average Bonchev–Trinajstić information content (AvgIpc) is 2.85. The first-order valence-corrected chi connectivity index (χ1v) is 7.18. The highest BCUT2D eigenvalue weighted by Gasteiger charge is 2.24. The first-order valence-electron chi connectivity index (χ1n) is 6.36. The number of anilines is 1. The topological polar surface area (TPSA) is 71.5 Å². The van der Waals surface area contributed by atoms with Gasteiger partial charge in [0.1, 0.15) is 0 Å². The van der Waals surface area contributed by atoms with Crippen LogP contribution in [0.5, 0.6) is 0 Å². The minimum absolute atomic E-state index is 0.131. The third kappa shape index (κ3) is 3.36. The van der Waals surface area contributed by atoms with E-state index in [2.05, 4.69) is 21.6 Å². The van der Waals surface area contributed by atoms with Crippen molar-refractivity contribution in [3.05, 3.63) is 23.2 Å². The monoisotopic (exact) mass is 295 g/mol. The lowest BCUT2D eigenvalue weighted by Crippen LogP contribution is -2.35. The second kappa shape index (κ2) is 6.51. The molecule has 2 heterocycles. The van der Waals surface area contributed by atoms with E-state index in [1.54, 1.807) is 6.08 Å². The molecule has 0 aliphatic carbocycles. The first-order chi connectivity index (χ1) is 9.63. The number of carbonyl (C=O) groups is 2. The van der Waals surface area contributed by atoms with E-state index < -0.39 is 6.09 Å². The molecule has 1 aliphatic rings. The number of ether oxygens (including phenoxy) is 1. The Bertz CT molecular complexity index is 527. The second-order valence-corrected chi connectivity index (χ2v) is 5.48. The zero-order chi connectivity index (χ0) is 14.5. The number of rotatable bonds is 4. The summed E-state index contributed by atoms with van der Waals surface area (Å²) >= 11 is 1.39. The van der Waals surface area contributed by atoms with Crippen molar-refractivity contribution in [2.75, 3.05) is 19.0 Å². The molecule has 2 amide bonds. The van der Waals surface area contributed by atoms with Crippen molar-refractivity contribution in [2.45, 2.75) is 25.8 Å². The van der Waals surface area contributed by atoms with E-state index >= 15 is 0 Å². The highest BCUT2D eigenvalue weighted by molar-refractivity contribution is 7.15. The third-order valence-corrected chi connectivity index (χ3v) is 4.04. The Morgan fingerprint density at radius 1 is 1.60 bits per heavy atom. The molecule has 0 aromatic carbocycles. The fraction of sp³-hybridized carbons (Fsp3) is 0.462. The SMILES string of the molecule is C=CCCC(=O)N1CCc2nc(NC(=O)OC)sc2C1. The Morgan fingerprint density at radius 3 is 3.10 bits per heavy atom. The van der Waals surface area contributed by atoms with Crippen molar-refractivity contribution in [3.63, 3.8) is 0 Å². The van der Waals surface area contributed by atoms with Crippen LogP contribution in [0.1, 0.15) is 23.4 Å². The number of hydrogen-bond donors (Lipinski definition) is 1. The quantitative estimate of drug-likeness (QED) is 0.864. The molecule has 20 heavy (non-hydrogen) atoms. The van der Waals surface area contributed by atoms with Gasteiger partial charge in [-0.2, -0.15) is 0 Å². The number of carbonyl (C=O) groups excluding carboxylic acids is 2. The van der Waals surface area contributed by atoms with Gasteiger partial charge >= 0.3 is 6.09 Å². The Balaban J connectivity index is 2.01. The molecule has 0 saturated heterocycles. The lowest BCUT2D eigenvalue weighted by molar-refractivity contribution is -0.132. The summed E-state index contributed by atoms with van der Waals surface area (Å²) in [7, 11) is 1.31. The van der Waals surface area contributed by atoms with E-state index in [1.807, 2.05) is 4.90 Å². The zero-order valence-electron chi connectivity index (χ0n) is 11.3. The molecular formula is C13H17N3O3S. The number of methoxy groups -OCH3 is 1. The molecule has 2 rings (SSSR count). The Hall–Kier alpha value is -1.89. The summed E-state index contributed by atoms with van der Waals surface area (Å²) in [6.07, 6.45) is 3.12. The van der Waals surface area contributed by atoms with Crippen molar-refractivity contribution in [1.82, 2.24) is 9.88 Å². The highest BCUT2D eigenvalue weighted by Crippen LogP contribution is 2.28. The van der Waals surface area contributed by atoms with Crippen molar-refractivity contribution in [1.29, 1.82) is 0 Å². The number of nitrogens with one attached hydrogen (secondary N) is 1. The van der Waals surface area contributed by atoms with Gasteiger partial charge in [-0.3, -0.25) is 10.1 Å². The van der Waals surface area contributed by atoms with Crippen LogP contribution in [0.3, 0.4) is 0 Å². The van der Waals surface area contributed by atoms with Crippen LogP contribution in [0.2, 0.25) is 0 Å². The first kappa shape index (κ1) is 14.5. The fourth-order valence-corrected chi connectivity index (χ4v) is 2.99. The molecule has 1 aliphatic heterocycles. The average molecular weight is 295 g/mol. The van der Waals surface area contributed by atoms with Gasteiger partial charge in [-0.1, -0.05) is 17.4 Å². The van der Waals surface area contributed by atoms with Crippen LogP contribution in [0.25, 0.3) is 0 Å². The molecule has 7 heteroatoms. The summed E-state index contributed by atoms with van der Waals surface area (Å²) in [5.41, 5.74) is 0.953. The normalized spacial score (nSPS) is 13.6. The number of allylic oxidation sites excluding steroid dienone is 1. The number of thiazole rings is 1. The van der Waals surface area contributed by atoms with Gasteiger partial charge in [0.05, 0.1) is 19.3 Å². The summed E-state index contributed by atoms with van der Waals surface area (Å²) in [5, 5.41) is 3.07. The lowest BCUT2D eigenvalue weighted by Gasteiger charge is -2.25. The van der Waals surface area contributed by atoms with Gasteiger partial charge in [-0.15, -0.1) is 6.58 Å². The highest BCUT2D eigenvalue weighted by atomic mass is 32.1. The molecule has 1 N–H and O–H groups in total. The van der Waals surface area contributed by atoms with Crippen LogP contribution >= 0.6 is 11.3 Å². The minimum Gasteiger partial charge on any atom is -0.453 e. The van der Waals surface area contributed by atoms with E-state index in [1.165, 1.54) is 18.4 Å². The molecule has 0 atom stereocenters. The molecule has 0 saturated carbocycles. The van der Waals surface area contributed by atoms with E-state index in [4.69, 9.17) is 0 Å². The third-order valence-electron chi connectivity index (χ3n) is 3.04. The van der Waals surface area contributed by atoms with Gasteiger partial charge < -0.3 is 9.64 Å². The maximum Gasteiger partial charge on any atom is 0.413 e. The number of fused-ring (bicyclic) bond motifs is 1. The second-order valence-electron chi connectivity index (χ2n) is 4.40. The number of hydrogen-bond acceptors (Lipinski definition) is 5. The summed E-state index contributed by atoms with van der Waals surface area (Å²) in [6, 6.07) is 0. The molecule has 1 aromatic heterocycles. The van der Waals surface area contributed by atoms with Gasteiger partial charge in [-0.05, 0) is 6.42 Å². The molecule has 1 aromatic rings. The van der Waals surface area contributed by atoms with Crippen LogP contribution in [-0.2, 0) is 22.5 Å². The fourth-order valence-electron chi connectivity index (χ4n) is 1.98. The van der Waals surface area contributed by atoms with Gasteiger partial charge in [0.2, 0.25) is 5.91 Å². The summed E-state index contributed by atoms with van der Waals surface area (Å²) in [5.74, 6) is 0.131. The van der Waals surface area contributed by atoms with E-state index in [-0.39, 0.29) is 5.91 Å². The van der Waals surface area contributed by atoms with Crippen LogP contribution in [0, 0.1) is 0 Å². The maximum absolute atomic E-state index is 12.0. The van der Waals surface area contributed by atoms with Crippen LogP contribution < -0.4 is 5.32 Å². The summed E-state index contributed by atoms with van der Waals surface area (Å²) < 4.78 is 4.53. The Labute approximate surface area is 121 Å². The molecule has 0 radical (unpaired) electrons. The van der Waals surface area contributed by atoms with Crippen molar-refractivity contribution < 1.29 is 14.3 Å². The molecule has 6 nitrogen and oxygen atoms in total. The van der Waals surface area contributed by atoms with Crippen molar-refractivity contribution >= 4 is 28.5 Å². The number of amides is 2. The molecule has 0 unspecified atom stereocenters. The Morgan fingerprint density at radius 2 is 2.40 bits per heavy atom. The summed E-state index contributed by atoms with van der Waals surface area (Å²) in [6.45, 7) is 4.85. The molecule has 0 spiro atoms. The molecular weight excluding hydrogens is 278 g/mol. The van der Waals surface area contributed by atoms with Crippen LogP contribution in [-0.4, -0.2) is 35.5 Å². The van der Waals surface area contributed by atoms with Gasteiger partial charge in [0, 0.05) is 24.3 Å². The van der Waals surface area contributed by atoms with Gasteiger partial charge in [-0.25, -0.2) is 9.78 Å². The molecule has 0 fully saturated rings. The Kier molecular flexibility index (Phi) is 4.73. The van der Waals surface area contributed by atoms with E-state index in [0.717, 1.165) is 10.6 Å². The zero-order valence-corrected chi connectivity index (χ0v) is 12.2. The van der Waals surface area contributed by atoms with Crippen LogP contribution in [0.15, 0.2) is 12.7 Å². The largest absolute Gasteiger partial charge is 0.453 e. The summed E-state index contributed by atoms with van der Waals surface area (Å²) in [4.78, 5) is 30.3. The van der Waals surface area contributed by atoms with Crippen LogP contribution in [0.4, 0.5) is 9.93 Å². The number of aromatic nitrogens is 1. The minimum atomic E-state index is -0.532. The lowest BCUT2D eigenvalue weighted by atomic mass is 10.1. The van der Waals surface area contributed by atoms with Gasteiger partial charge in [0.25, 0.3) is 0 Å². The van der Waals surface area contributed by atoms with Crippen molar-refractivity contribution in [3.8, 4) is 0 Å².